The fraction of sp³-hybridized carbons (Fsp3) is 0.889. The number of ether oxygens (including phenoxy) is 1. The smallest absolute Gasteiger partial charge is 0.210 e. The molecule has 1 aliphatic heterocycles. The Kier molecular flexibility index (Phi) is 6.03. The summed E-state index contributed by atoms with van der Waals surface area (Å²) in [5.74, 6) is -5.21. The van der Waals surface area contributed by atoms with E-state index in [2.05, 4.69) is 9.26 Å². The van der Waals surface area contributed by atoms with Gasteiger partial charge in [-0.1, -0.05) is 0 Å². The van der Waals surface area contributed by atoms with Gasteiger partial charge >= 0.3 is 0 Å². The van der Waals surface area contributed by atoms with Crippen LogP contribution in [0.1, 0.15) is 6.42 Å². The molecule has 13 heteroatoms. The molecule has 0 aromatic heterocycles. The van der Waals surface area contributed by atoms with Crippen LogP contribution in [0.15, 0.2) is 0 Å². The van der Waals surface area contributed by atoms with Crippen molar-refractivity contribution in [2.24, 2.45) is 0 Å². The number of phosphoric ester groups is 1. The molecule has 1 aliphatic rings. The highest BCUT2D eigenvalue weighted by atomic mass is 31.2. The number of hydrogen-bond donors (Lipinski definition) is 5. The third kappa shape index (κ3) is 4.67. The van der Waals surface area contributed by atoms with Crippen LogP contribution in [0.5, 0.6) is 0 Å². The van der Waals surface area contributed by atoms with Crippen molar-refractivity contribution in [1.29, 1.82) is 0 Å². The number of carbonyl (C=O) groups is 1. The summed E-state index contributed by atoms with van der Waals surface area (Å²) in [6.45, 7) is -1.21. The highest BCUT2D eigenvalue weighted by Gasteiger charge is 2.50. The van der Waals surface area contributed by atoms with Gasteiger partial charge in [0.1, 0.15) is 30.4 Å². The molecular formula is C9H14O12P-3. The summed E-state index contributed by atoms with van der Waals surface area (Å²) in [6, 6.07) is 0. The first kappa shape index (κ1) is 19.4. The summed E-state index contributed by atoms with van der Waals surface area (Å²) in [5, 5.41) is 58.6. The second-order valence-corrected chi connectivity index (χ2v) is 5.87. The number of carboxylic acids is 1. The quantitative estimate of drug-likeness (QED) is 0.283. The number of hydrogen-bond acceptors (Lipinski definition) is 12. The molecule has 0 aliphatic carbocycles. The number of phosphoric acid groups is 1. The molecule has 1 saturated heterocycles. The summed E-state index contributed by atoms with van der Waals surface area (Å²) in [7, 11) is -5.45. The zero-order chi connectivity index (χ0) is 17.3. The monoisotopic (exact) mass is 345 g/mol. The maximum Gasteiger partial charge on any atom is 0.210 e. The Morgan fingerprint density at radius 2 is 1.95 bits per heavy atom. The van der Waals surface area contributed by atoms with Crippen LogP contribution in [0.4, 0.5) is 0 Å². The molecule has 0 amide bonds. The molecule has 22 heavy (non-hydrogen) atoms. The normalized spacial score (nSPS) is 35.9. The van der Waals surface area contributed by atoms with E-state index in [-0.39, 0.29) is 0 Å². The van der Waals surface area contributed by atoms with Crippen LogP contribution >= 0.6 is 7.82 Å². The number of carboxylic acid groups (broad SMARTS) is 1. The molecule has 1 rings (SSSR count). The van der Waals surface area contributed by atoms with E-state index < -0.39 is 63.1 Å². The van der Waals surface area contributed by atoms with Crippen LogP contribution in [-0.2, 0) is 18.6 Å². The molecule has 12 nitrogen and oxygen atoms in total. The van der Waals surface area contributed by atoms with Gasteiger partial charge in [0.05, 0.1) is 20.5 Å². The fourth-order valence-corrected chi connectivity index (χ4v) is 2.19. The van der Waals surface area contributed by atoms with Crippen LogP contribution in [0.2, 0.25) is 0 Å². The Morgan fingerprint density at radius 3 is 2.41 bits per heavy atom. The van der Waals surface area contributed by atoms with E-state index >= 15 is 0 Å². The van der Waals surface area contributed by atoms with Crippen molar-refractivity contribution >= 4 is 13.8 Å². The van der Waals surface area contributed by atoms with Crippen molar-refractivity contribution in [3.63, 3.8) is 0 Å². The van der Waals surface area contributed by atoms with E-state index in [1.807, 2.05) is 0 Å². The van der Waals surface area contributed by atoms with Gasteiger partial charge in [0.25, 0.3) is 0 Å². The van der Waals surface area contributed by atoms with Gasteiger partial charge in [-0.3, -0.25) is 0 Å². The van der Waals surface area contributed by atoms with Crippen LogP contribution in [0.25, 0.3) is 0 Å². The average molecular weight is 345 g/mol. The van der Waals surface area contributed by atoms with Crippen LogP contribution in [-0.4, -0.2) is 74.4 Å². The Balaban J connectivity index is 2.82. The van der Waals surface area contributed by atoms with Gasteiger partial charge in [-0.05, 0) is 0 Å². The lowest BCUT2D eigenvalue weighted by atomic mass is 9.91. The second kappa shape index (κ2) is 6.84. The Bertz CT molecular complexity index is 450. The number of aliphatic hydroxyl groups is 5. The van der Waals surface area contributed by atoms with Crippen molar-refractivity contribution in [3.8, 4) is 0 Å². The van der Waals surface area contributed by atoms with Gasteiger partial charge in [0.2, 0.25) is 5.79 Å². The summed E-state index contributed by atoms with van der Waals surface area (Å²) in [5.41, 5.74) is 0. The Morgan fingerprint density at radius 1 is 1.41 bits per heavy atom. The molecule has 6 atom stereocenters. The summed E-state index contributed by atoms with van der Waals surface area (Å²) >= 11 is 0. The van der Waals surface area contributed by atoms with Crippen molar-refractivity contribution in [1.82, 2.24) is 0 Å². The highest BCUT2D eigenvalue weighted by Crippen LogP contribution is 2.31. The van der Waals surface area contributed by atoms with Crippen molar-refractivity contribution < 1.29 is 59.0 Å². The van der Waals surface area contributed by atoms with E-state index in [4.69, 9.17) is 0 Å². The second-order valence-electron chi connectivity index (χ2n) is 4.72. The molecule has 0 unspecified atom stereocenters. The lowest BCUT2D eigenvalue weighted by Crippen LogP contribution is -2.65. The van der Waals surface area contributed by atoms with Gasteiger partial charge in [0.15, 0.2) is 0 Å². The van der Waals surface area contributed by atoms with E-state index in [0.717, 1.165) is 0 Å². The SMILES string of the molecule is O=C([O-])[C@]1(O)C[C@H](O)[C@@H](O)[C@H]([C@H](O)[C@H](O)COP(=O)([O-])[O-])O1. The summed E-state index contributed by atoms with van der Waals surface area (Å²) in [6.07, 6.45) is -11.1. The largest absolute Gasteiger partial charge is 0.790 e. The first-order valence-electron chi connectivity index (χ1n) is 5.88. The zero-order valence-electron chi connectivity index (χ0n) is 10.8. The third-order valence-corrected chi connectivity index (χ3v) is 3.47. The molecule has 1 fully saturated rings. The topological polar surface area (TPSA) is 223 Å². The maximum atomic E-state index is 10.8. The molecule has 5 N–H and O–H groups in total. The van der Waals surface area contributed by atoms with E-state index in [9.17, 15) is 49.8 Å². The van der Waals surface area contributed by atoms with Crippen LogP contribution in [0, 0.1) is 0 Å². The molecule has 0 bridgehead atoms. The Labute approximate surface area is 123 Å². The number of rotatable bonds is 6. The standard InChI is InChI=1S/C9H17O12P/c10-3-1-9(16,8(14)15)21-7(5(3)12)6(13)4(11)2-20-22(17,18)19/h3-7,10-13,16H,1-2H2,(H,14,15)(H2,17,18,19)/p-3/t3-,4+,5+,6+,7+,9-/m0/s1. The van der Waals surface area contributed by atoms with Crippen molar-refractivity contribution in [3.05, 3.63) is 0 Å². The highest BCUT2D eigenvalue weighted by molar-refractivity contribution is 7.43. The van der Waals surface area contributed by atoms with Crippen molar-refractivity contribution in [2.75, 3.05) is 6.61 Å². The zero-order valence-corrected chi connectivity index (χ0v) is 11.7. The van der Waals surface area contributed by atoms with E-state index in [1.165, 1.54) is 0 Å². The average Bonchev–Trinajstić information content (AvgIpc) is 2.38. The molecule has 0 aromatic rings. The van der Waals surface area contributed by atoms with Crippen molar-refractivity contribution in [2.45, 2.75) is 42.7 Å². The first-order chi connectivity index (χ1) is 9.87. The van der Waals surface area contributed by atoms with Gasteiger partial charge < -0.3 is 59.0 Å². The van der Waals surface area contributed by atoms with Gasteiger partial charge in [-0.2, -0.15) is 0 Å². The number of aliphatic hydroxyl groups excluding tert-OH is 4. The van der Waals surface area contributed by atoms with Crippen LogP contribution in [0.3, 0.4) is 0 Å². The minimum absolute atomic E-state index is 0.970. The number of aliphatic carboxylic acids is 1. The van der Waals surface area contributed by atoms with E-state index in [1.54, 1.807) is 0 Å². The summed E-state index contributed by atoms with van der Waals surface area (Å²) in [4.78, 5) is 31.3. The molecule has 130 valence electrons. The minimum Gasteiger partial charge on any atom is -0.790 e. The molecular weight excluding hydrogens is 331 g/mol. The fourth-order valence-electron chi connectivity index (χ4n) is 1.85. The first-order valence-corrected chi connectivity index (χ1v) is 7.34. The Hall–Kier alpha value is -0.660. The van der Waals surface area contributed by atoms with E-state index in [0.29, 0.717) is 0 Å². The molecule has 0 spiro atoms. The van der Waals surface area contributed by atoms with Crippen LogP contribution < -0.4 is 14.9 Å². The van der Waals surface area contributed by atoms with Gasteiger partial charge in [-0.25, -0.2) is 0 Å². The third-order valence-electron chi connectivity index (χ3n) is 3.00. The lowest BCUT2D eigenvalue weighted by molar-refractivity contribution is -0.380. The predicted molar refractivity (Wildman–Crippen MR) is 57.0 cm³/mol. The van der Waals surface area contributed by atoms with Gasteiger partial charge in [0, 0.05) is 6.42 Å². The molecule has 0 aromatic carbocycles. The number of carbonyl (C=O) groups excluding carboxylic acids is 1. The maximum absolute atomic E-state index is 10.8. The molecule has 0 saturated carbocycles. The van der Waals surface area contributed by atoms with Gasteiger partial charge in [-0.15, -0.1) is 0 Å². The molecule has 1 heterocycles. The summed E-state index contributed by atoms with van der Waals surface area (Å²) < 4.78 is 18.5. The lowest BCUT2D eigenvalue weighted by Gasteiger charge is -2.45. The predicted octanol–water partition coefficient (Wildman–Crippen LogP) is -6.50. The minimum atomic E-state index is -5.45. The molecule has 0 radical (unpaired) electrons.